The van der Waals surface area contributed by atoms with Crippen molar-refractivity contribution in [1.82, 2.24) is 9.97 Å². The monoisotopic (exact) mass is 250 g/mol. The molecule has 0 aliphatic heterocycles. The highest BCUT2D eigenvalue weighted by molar-refractivity contribution is 7.98. The molecule has 17 heavy (non-hydrogen) atoms. The molecule has 0 unspecified atom stereocenters. The Hall–Kier alpha value is -1.46. The Morgan fingerprint density at radius 1 is 1.18 bits per heavy atom. The van der Waals surface area contributed by atoms with E-state index in [-0.39, 0.29) is 12.4 Å². The van der Waals surface area contributed by atoms with Gasteiger partial charge in [0.2, 0.25) is 0 Å². The average Bonchev–Trinajstić information content (AvgIpc) is 2.38. The number of hydrogen-bond acceptors (Lipinski definition) is 4. The largest absolute Gasteiger partial charge is 0.390 e. The predicted molar refractivity (Wildman–Crippen MR) is 63.9 cm³/mol. The van der Waals surface area contributed by atoms with Crippen LogP contribution < -0.4 is 0 Å². The van der Waals surface area contributed by atoms with Crippen LogP contribution in [0.2, 0.25) is 0 Å². The van der Waals surface area contributed by atoms with Gasteiger partial charge in [-0.25, -0.2) is 14.4 Å². The number of aromatic nitrogens is 2. The summed E-state index contributed by atoms with van der Waals surface area (Å²) in [7, 11) is 0. The summed E-state index contributed by atoms with van der Waals surface area (Å²) < 4.78 is 12.7. The van der Waals surface area contributed by atoms with Crippen LogP contribution in [0.15, 0.2) is 41.4 Å². The second-order valence-electron chi connectivity index (χ2n) is 3.36. The summed E-state index contributed by atoms with van der Waals surface area (Å²) in [4.78, 5) is 9.23. The van der Waals surface area contributed by atoms with E-state index in [1.165, 1.54) is 23.9 Å². The molecule has 2 aromatic rings. The molecule has 0 aliphatic rings. The molecule has 0 bridgehead atoms. The van der Waals surface area contributed by atoms with Crippen molar-refractivity contribution in [3.05, 3.63) is 53.9 Å². The van der Waals surface area contributed by atoms with Crippen molar-refractivity contribution in [2.45, 2.75) is 17.3 Å². The van der Waals surface area contributed by atoms with Gasteiger partial charge in [0.1, 0.15) is 11.6 Å². The third-order valence-electron chi connectivity index (χ3n) is 2.11. The van der Waals surface area contributed by atoms with Gasteiger partial charge in [0.05, 0.1) is 18.1 Å². The van der Waals surface area contributed by atoms with Crippen molar-refractivity contribution in [1.29, 1.82) is 0 Å². The Labute approximate surface area is 103 Å². The molecular weight excluding hydrogens is 239 g/mol. The normalized spacial score (nSPS) is 10.5. The Balaban J connectivity index is 1.99. The van der Waals surface area contributed by atoms with E-state index in [1.54, 1.807) is 24.4 Å². The van der Waals surface area contributed by atoms with Gasteiger partial charge in [-0.2, -0.15) is 0 Å². The first kappa shape index (κ1) is 12.0. The number of hydrogen-bond donors (Lipinski definition) is 1. The number of halogens is 1. The summed E-state index contributed by atoms with van der Waals surface area (Å²) in [6, 6.07) is 7.96. The van der Waals surface area contributed by atoms with Crippen LogP contribution in [0.25, 0.3) is 0 Å². The highest BCUT2D eigenvalue weighted by Gasteiger charge is 2.00. The van der Waals surface area contributed by atoms with Crippen LogP contribution in [0.1, 0.15) is 11.5 Å². The highest BCUT2D eigenvalue weighted by atomic mass is 32.2. The number of rotatable bonds is 4. The molecule has 5 heteroatoms. The van der Waals surface area contributed by atoms with Crippen LogP contribution in [-0.4, -0.2) is 15.1 Å². The Morgan fingerprint density at radius 2 is 1.94 bits per heavy atom. The second kappa shape index (κ2) is 5.75. The molecule has 0 saturated heterocycles. The number of thioether (sulfide) groups is 1. The fourth-order valence-corrected chi connectivity index (χ4v) is 2.04. The molecule has 1 N–H and O–H groups in total. The van der Waals surface area contributed by atoms with Crippen molar-refractivity contribution in [3.8, 4) is 0 Å². The van der Waals surface area contributed by atoms with Gasteiger partial charge in [0.15, 0.2) is 0 Å². The standard InChI is InChI=1S/C12H11FN2OS/c13-9-1-3-11(4-2-9)17-8-12-14-6-5-10(7-16)15-12/h1-6,16H,7-8H2. The number of aliphatic hydroxyl groups excluding tert-OH is 1. The van der Waals surface area contributed by atoms with Crippen LogP contribution in [0.4, 0.5) is 4.39 Å². The van der Waals surface area contributed by atoms with Crippen molar-refractivity contribution >= 4 is 11.8 Å². The molecule has 0 amide bonds. The Morgan fingerprint density at radius 3 is 2.65 bits per heavy atom. The molecule has 0 saturated carbocycles. The van der Waals surface area contributed by atoms with E-state index < -0.39 is 0 Å². The van der Waals surface area contributed by atoms with Gasteiger partial charge in [0, 0.05) is 11.1 Å². The maximum atomic E-state index is 12.7. The SMILES string of the molecule is OCc1ccnc(CSc2ccc(F)cc2)n1. The molecule has 0 fully saturated rings. The maximum Gasteiger partial charge on any atom is 0.138 e. The smallest absolute Gasteiger partial charge is 0.138 e. The van der Waals surface area contributed by atoms with E-state index in [4.69, 9.17) is 5.11 Å². The van der Waals surface area contributed by atoms with Crippen molar-refractivity contribution in [2.75, 3.05) is 0 Å². The van der Waals surface area contributed by atoms with E-state index in [0.717, 1.165) is 4.90 Å². The van der Waals surface area contributed by atoms with E-state index >= 15 is 0 Å². The van der Waals surface area contributed by atoms with Gasteiger partial charge < -0.3 is 5.11 Å². The Bertz CT molecular complexity index is 490. The zero-order chi connectivity index (χ0) is 12.1. The minimum Gasteiger partial charge on any atom is -0.390 e. The summed E-state index contributed by atoms with van der Waals surface area (Å²) in [5.74, 6) is 1.01. The molecule has 1 aromatic heterocycles. The van der Waals surface area contributed by atoms with Gasteiger partial charge in [0.25, 0.3) is 0 Å². The van der Waals surface area contributed by atoms with Gasteiger partial charge in [-0.3, -0.25) is 0 Å². The summed E-state index contributed by atoms with van der Waals surface area (Å²) in [6.45, 7) is -0.0866. The van der Waals surface area contributed by atoms with Crippen LogP contribution in [0, 0.1) is 5.82 Å². The van der Waals surface area contributed by atoms with Crippen molar-refractivity contribution in [3.63, 3.8) is 0 Å². The molecular formula is C12H11FN2OS. The number of nitrogens with zero attached hydrogens (tertiary/aromatic N) is 2. The average molecular weight is 250 g/mol. The van der Waals surface area contributed by atoms with Gasteiger partial charge in [-0.15, -0.1) is 11.8 Å². The van der Waals surface area contributed by atoms with Crippen LogP contribution >= 0.6 is 11.8 Å². The number of aliphatic hydroxyl groups is 1. The third-order valence-corrected chi connectivity index (χ3v) is 3.11. The zero-order valence-electron chi connectivity index (χ0n) is 9.01. The van der Waals surface area contributed by atoms with Crippen LogP contribution in [0.5, 0.6) is 0 Å². The summed E-state index contributed by atoms with van der Waals surface area (Å²) in [5.41, 5.74) is 0.606. The molecule has 1 aromatic carbocycles. The lowest BCUT2D eigenvalue weighted by molar-refractivity contribution is 0.276. The highest BCUT2D eigenvalue weighted by Crippen LogP contribution is 2.21. The zero-order valence-corrected chi connectivity index (χ0v) is 9.82. The summed E-state index contributed by atoms with van der Waals surface area (Å²) in [6.07, 6.45) is 1.62. The van der Waals surface area contributed by atoms with E-state index in [1.807, 2.05) is 0 Å². The van der Waals surface area contributed by atoms with E-state index in [2.05, 4.69) is 9.97 Å². The summed E-state index contributed by atoms with van der Waals surface area (Å²) >= 11 is 1.53. The van der Waals surface area contributed by atoms with E-state index in [9.17, 15) is 4.39 Å². The first-order valence-electron chi connectivity index (χ1n) is 5.08. The molecule has 2 rings (SSSR count). The molecule has 0 atom stereocenters. The third kappa shape index (κ3) is 3.51. The van der Waals surface area contributed by atoms with Crippen molar-refractivity contribution < 1.29 is 9.50 Å². The van der Waals surface area contributed by atoms with Crippen molar-refractivity contribution in [2.24, 2.45) is 0 Å². The molecule has 0 aliphatic carbocycles. The van der Waals surface area contributed by atoms with Gasteiger partial charge in [-0.05, 0) is 30.3 Å². The van der Waals surface area contributed by atoms with Gasteiger partial charge >= 0.3 is 0 Å². The molecule has 3 nitrogen and oxygen atoms in total. The second-order valence-corrected chi connectivity index (χ2v) is 4.41. The fraction of sp³-hybridized carbons (Fsp3) is 0.167. The predicted octanol–water partition coefficient (Wildman–Crippen LogP) is 2.40. The molecule has 1 heterocycles. The van der Waals surface area contributed by atoms with Crippen LogP contribution in [0.3, 0.4) is 0 Å². The minimum absolute atomic E-state index is 0.0866. The minimum atomic E-state index is -0.243. The fourth-order valence-electron chi connectivity index (χ4n) is 1.28. The number of benzene rings is 1. The molecule has 88 valence electrons. The molecule has 0 radical (unpaired) electrons. The lowest BCUT2D eigenvalue weighted by Gasteiger charge is -2.02. The maximum absolute atomic E-state index is 12.7. The lowest BCUT2D eigenvalue weighted by atomic mass is 10.4. The van der Waals surface area contributed by atoms with Crippen LogP contribution in [-0.2, 0) is 12.4 Å². The first-order chi connectivity index (χ1) is 8.28. The molecule has 0 spiro atoms. The summed E-state index contributed by atoms with van der Waals surface area (Å²) in [5, 5.41) is 8.94. The Kier molecular flexibility index (Phi) is 4.06. The topological polar surface area (TPSA) is 46.0 Å². The van der Waals surface area contributed by atoms with E-state index in [0.29, 0.717) is 17.3 Å². The van der Waals surface area contributed by atoms with Gasteiger partial charge in [-0.1, -0.05) is 0 Å². The first-order valence-corrected chi connectivity index (χ1v) is 6.06. The lowest BCUT2D eigenvalue weighted by Crippen LogP contribution is -1.96. The quantitative estimate of drug-likeness (QED) is 0.846.